The van der Waals surface area contributed by atoms with E-state index in [1.54, 1.807) is 31.0 Å². The first-order valence-electron chi connectivity index (χ1n) is 11.2. The molecule has 1 aliphatic rings. The number of amides is 1. The van der Waals surface area contributed by atoms with E-state index in [2.05, 4.69) is 15.6 Å². The van der Waals surface area contributed by atoms with Crippen LogP contribution in [0.5, 0.6) is 5.75 Å². The number of benzene rings is 2. The largest absolute Gasteiger partial charge is 0.497 e. The summed E-state index contributed by atoms with van der Waals surface area (Å²) in [6.07, 6.45) is 1.26. The number of hydrogen-bond acceptors (Lipinski definition) is 7. The number of nitrogens with one attached hydrogen (secondary N) is 1. The summed E-state index contributed by atoms with van der Waals surface area (Å²) >= 11 is 0. The first-order valence-corrected chi connectivity index (χ1v) is 12.6. The lowest BCUT2D eigenvalue weighted by Gasteiger charge is -2.31. The maximum absolute atomic E-state index is 13.3. The monoisotopic (exact) mass is 487 g/mol. The van der Waals surface area contributed by atoms with Crippen LogP contribution in [0.25, 0.3) is 11.0 Å². The number of methoxy groups -OCH3 is 2. The van der Waals surface area contributed by atoms with E-state index >= 15 is 0 Å². The number of carbonyl (C=O) groups excluding carboxylic acids is 1. The van der Waals surface area contributed by atoms with Gasteiger partial charge < -0.3 is 14.8 Å². The minimum Gasteiger partial charge on any atom is -0.497 e. The highest BCUT2D eigenvalue weighted by Crippen LogP contribution is 2.26. The van der Waals surface area contributed by atoms with Crippen LogP contribution in [0.1, 0.15) is 18.4 Å². The topological polar surface area (TPSA) is 116 Å². The van der Waals surface area contributed by atoms with Gasteiger partial charge in [0.2, 0.25) is 15.9 Å². The molecule has 0 spiro atoms. The van der Waals surface area contributed by atoms with Crippen LogP contribution in [-0.2, 0) is 32.6 Å². The third-order valence-electron chi connectivity index (χ3n) is 5.99. The van der Waals surface area contributed by atoms with Crippen molar-refractivity contribution in [3.63, 3.8) is 0 Å². The third kappa shape index (κ3) is 5.21. The van der Waals surface area contributed by atoms with Crippen LogP contribution < -0.4 is 10.1 Å². The second-order valence-electron chi connectivity index (χ2n) is 8.23. The van der Waals surface area contributed by atoms with Crippen LogP contribution in [-0.4, -0.2) is 67.5 Å². The Labute approximate surface area is 198 Å². The predicted molar refractivity (Wildman–Crippen MR) is 126 cm³/mol. The smallest absolute Gasteiger partial charge is 0.243 e. The summed E-state index contributed by atoms with van der Waals surface area (Å²) < 4.78 is 40.0. The van der Waals surface area contributed by atoms with Gasteiger partial charge in [-0.05, 0) is 48.7 Å². The summed E-state index contributed by atoms with van der Waals surface area (Å²) in [7, 11) is -0.569. The minimum atomic E-state index is -3.77. The summed E-state index contributed by atoms with van der Waals surface area (Å²) in [6, 6.07) is 12.3. The Morgan fingerprint density at radius 3 is 2.85 bits per heavy atom. The lowest BCUT2D eigenvalue weighted by molar-refractivity contribution is -0.126. The number of ether oxygens (including phenoxy) is 2. The van der Waals surface area contributed by atoms with Gasteiger partial charge in [0.25, 0.3) is 0 Å². The van der Waals surface area contributed by atoms with Crippen LogP contribution in [0.4, 0.5) is 0 Å². The molecule has 0 saturated carbocycles. The van der Waals surface area contributed by atoms with Gasteiger partial charge >= 0.3 is 0 Å². The van der Waals surface area contributed by atoms with Crippen LogP contribution >= 0.6 is 0 Å². The second-order valence-corrected chi connectivity index (χ2v) is 10.2. The van der Waals surface area contributed by atoms with Crippen molar-refractivity contribution in [3.05, 3.63) is 48.0 Å². The molecule has 34 heavy (non-hydrogen) atoms. The number of sulfonamides is 1. The molecule has 2 aromatic carbocycles. The average Bonchev–Trinajstić information content (AvgIpc) is 3.28. The van der Waals surface area contributed by atoms with Crippen molar-refractivity contribution < 1.29 is 22.7 Å². The van der Waals surface area contributed by atoms with E-state index in [-0.39, 0.29) is 17.3 Å². The Morgan fingerprint density at radius 2 is 2.06 bits per heavy atom. The molecule has 1 amide bonds. The van der Waals surface area contributed by atoms with Crippen LogP contribution in [0, 0.1) is 5.92 Å². The van der Waals surface area contributed by atoms with Gasteiger partial charge in [0.05, 0.1) is 36.6 Å². The molecule has 0 bridgehead atoms. The highest BCUT2D eigenvalue weighted by Gasteiger charge is 2.33. The Kier molecular flexibility index (Phi) is 7.44. The van der Waals surface area contributed by atoms with Crippen molar-refractivity contribution in [2.75, 3.05) is 33.9 Å². The standard InChI is InChI=1S/C23H29N5O5S/c1-32-12-11-28-22-9-8-20(14-21(22)25-26-28)34(30,31)27-10-4-6-18(16-27)23(29)24-15-17-5-3-7-19(13-17)33-2/h3,5,7-9,13-14,18H,4,6,10-12,15-16H2,1-2H3,(H,24,29)/t18-/m0/s1. The molecule has 1 atom stereocenters. The Morgan fingerprint density at radius 1 is 1.21 bits per heavy atom. The van der Waals surface area contributed by atoms with Gasteiger partial charge in [0, 0.05) is 26.7 Å². The van der Waals surface area contributed by atoms with Crippen LogP contribution in [0.3, 0.4) is 0 Å². The highest BCUT2D eigenvalue weighted by atomic mass is 32.2. The highest BCUT2D eigenvalue weighted by molar-refractivity contribution is 7.89. The molecule has 3 aromatic rings. The first kappa shape index (κ1) is 24.1. The van der Waals surface area contributed by atoms with Crippen LogP contribution in [0.2, 0.25) is 0 Å². The molecule has 4 rings (SSSR count). The lowest BCUT2D eigenvalue weighted by Crippen LogP contribution is -2.45. The van der Waals surface area contributed by atoms with E-state index < -0.39 is 15.9 Å². The molecular weight excluding hydrogens is 458 g/mol. The Balaban J connectivity index is 1.43. The molecule has 1 aliphatic heterocycles. The fraction of sp³-hybridized carbons (Fsp3) is 0.435. The zero-order valence-corrected chi connectivity index (χ0v) is 20.1. The molecule has 10 nitrogen and oxygen atoms in total. The molecule has 1 fully saturated rings. The van der Waals surface area contributed by atoms with E-state index in [1.165, 1.54) is 10.4 Å². The fourth-order valence-electron chi connectivity index (χ4n) is 4.10. The van der Waals surface area contributed by atoms with Gasteiger partial charge in [-0.2, -0.15) is 4.31 Å². The average molecular weight is 488 g/mol. The maximum atomic E-state index is 13.3. The van der Waals surface area contributed by atoms with Gasteiger partial charge in [-0.25, -0.2) is 13.1 Å². The van der Waals surface area contributed by atoms with Gasteiger partial charge in [0.15, 0.2) is 0 Å². The normalized spacial score (nSPS) is 17.1. The minimum absolute atomic E-state index is 0.144. The number of aromatic nitrogens is 3. The molecular formula is C23H29N5O5S. The first-order chi connectivity index (χ1) is 16.4. The summed E-state index contributed by atoms with van der Waals surface area (Å²) in [5.41, 5.74) is 2.16. The summed E-state index contributed by atoms with van der Waals surface area (Å²) in [5.74, 6) is 0.157. The zero-order valence-electron chi connectivity index (χ0n) is 19.3. The van der Waals surface area contributed by atoms with Crippen LogP contribution in [0.15, 0.2) is 47.4 Å². The molecule has 0 radical (unpaired) electrons. The van der Waals surface area contributed by atoms with Crippen molar-refractivity contribution in [1.82, 2.24) is 24.6 Å². The Hall–Kier alpha value is -3.02. The summed E-state index contributed by atoms with van der Waals surface area (Å²) in [4.78, 5) is 13.0. The second kappa shape index (κ2) is 10.5. The van der Waals surface area contributed by atoms with E-state index in [0.29, 0.717) is 44.6 Å². The van der Waals surface area contributed by atoms with E-state index in [9.17, 15) is 13.2 Å². The fourth-order valence-corrected chi connectivity index (χ4v) is 5.64. The van der Waals surface area contributed by atoms with E-state index in [0.717, 1.165) is 16.8 Å². The summed E-state index contributed by atoms with van der Waals surface area (Å²) in [5, 5.41) is 11.1. The number of hydrogen-bond donors (Lipinski definition) is 1. The summed E-state index contributed by atoms with van der Waals surface area (Å²) in [6.45, 7) is 1.88. The molecule has 0 unspecified atom stereocenters. The van der Waals surface area contributed by atoms with Crippen molar-refractivity contribution in [2.24, 2.45) is 5.92 Å². The molecule has 1 N–H and O–H groups in total. The number of nitrogens with zero attached hydrogens (tertiary/aromatic N) is 4. The molecule has 11 heteroatoms. The molecule has 2 heterocycles. The lowest BCUT2D eigenvalue weighted by atomic mass is 9.99. The van der Waals surface area contributed by atoms with Crippen molar-refractivity contribution in [3.8, 4) is 5.75 Å². The number of rotatable bonds is 9. The SMILES string of the molecule is COCCn1nnc2cc(S(=O)(=O)N3CCC[C@H](C(=O)NCc4cccc(OC)c4)C3)ccc21. The van der Waals surface area contributed by atoms with Gasteiger partial charge in [-0.15, -0.1) is 5.10 Å². The van der Waals surface area contributed by atoms with Gasteiger partial charge in [0.1, 0.15) is 11.3 Å². The Bertz CT molecular complexity index is 1260. The van der Waals surface area contributed by atoms with Crippen molar-refractivity contribution >= 4 is 27.0 Å². The molecule has 1 saturated heterocycles. The van der Waals surface area contributed by atoms with Gasteiger partial charge in [-0.1, -0.05) is 17.3 Å². The molecule has 182 valence electrons. The zero-order chi connectivity index (χ0) is 24.1. The number of fused-ring (bicyclic) bond motifs is 1. The van der Waals surface area contributed by atoms with E-state index in [4.69, 9.17) is 9.47 Å². The number of carbonyl (C=O) groups is 1. The maximum Gasteiger partial charge on any atom is 0.243 e. The third-order valence-corrected chi connectivity index (χ3v) is 7.85. The molecule has 1 aromatic heterocycles. The molecule has 0 aliphatic carbocycles. The quantitative estimate of drug-likeness (QED) is 0.489. The number of piperidine rings is 1. The predicted octanol–water partition coefficient (Wildman–Crippen LogP) is 1.80. The van der Waals surface area contributed by atoms with E-state index in [1.807, 2.05) is 24.3 Å². The van der Waals surface area contributed by atoms with Gasteiger partial charge in [-0.3, -0.25) is 4.79 Å². The van der Waals surface area contributed by atoms with Crippen molar-refractivity contribution in [2.45, 2.75) is 30.8 Å². The van der Waals surface area contributed by atoms with Crippen molar-refractivity contribution in [1.29, 1.82) is 0 Å².